The zero-order valence-electron chi connectivity index (χ0n) is 10.4. The Morgan fingerprint density at radius 3 is 3.00 bits per heavy atom. The molecule has 0 aromatic carbocycles. The lowest BCUT2D eigenvalue weighted by Crippen LogP contribution is -2.39. The molecule has 1 amide bonds. The summed E-state index contributed by atoms with van der Waals surface area (Å²) in [5.74, 6) is 1.56. The number of nitrogens with one attached hydrogen (secondary N) is 1. The van der Waals surface area contributed by atoms with E-state index in [1.54, 1.807) is 0 Å². The molecule has 0 aliphatic carbocycles. The van der Waals surface area contributed by atoms with Gasteiger partial charge in [0.25, 0.3) is 0 Å². The van der Waals surface area contributed by atoms with Crippen molar-refractivity contribution < 1.29 is 9.53 Å². The lowest BCUT2D eigenvalue weighted by molar-refractivity contribution is -0.132. The molecule has 3 heterocycles. The second-order valence-corrected chi connectivity index (χ2v) is 5.58. The fourth-order valence-electron chi connectivity index (χ4n) is 3.46. The third-order valence-corrected chi connectivity index (χ3v) is 4.50. The van der Waals surface area contributed by atoms with E-state index in [2.05, 4.69) is 5.32 Å². The Morgan fingerprint density at radius 2 is 2.18 bits per heavy atom. The zero-order chi connectivity index (χ0) is 11.7. The molecule has 0 unspecified atom stereocenters. The SMILES string of the molecule is O=C(C[C@@H]1OC[C@H]2CNCC[C@H]21)N1CCCC1. The average molecular weight is 238 g/mol. The predicted octanol–water partition coefficient (Wildman–Crippen LogP) is 0.623. The molecule has 4 nitrogen and oxygen atoms in total. The summed E-state index contributed by atoms with van der Waals surface area (Å²) in [4.78, 5) is 14.1. The van der Waals surface area contributed by atoms with Crippen molar-refractivity contribution in [2.24, 2.45) is 11.8 Å². The Morgan fingerprint density at radius 1 is 1.35 bits per heavy atom. The van der Waals surface area contributed by atoms with Crippen LogP contribution in [-0.2, 0) is 9.53 Å². The first-order valence-corrected chi connectivity index (χ1v) is 6.94. The second kappa shape index (κ2) is 4.94. The van der Waals surface area contributed by atoms with E-state index in [1.165, 1.54) is 19.3 Å². The minimum atomic E-state index is 0.190. The van der Waals surface area contributed by atoms with Gasteiger partial charge in [0.15, 0.2) is 0 Å². The van der Waals surface area contributed by atoms with E-state index in [4.69, 9.17) is 4.74 Å². The van der Waals surface area contributed by atoms with Crippen molar-refractivity contribution in [2.45, 2.75) is 31.8 Å². The van der Waals surface area contributed by atoms with Crippen molar-refractivity contribution in [3.05, 3.63) is 0 Å². The van der Waals surface area contributed by atoms with Crippen molar-refractivity contribution in [3.8, 4) is 0 Å². The van der Waals surface area contributed by atoms with E-state index in [0.717, 1.165) is 32.8 Å². The normalized spacial score (nSPS) is 37.2. The molecule has 3 atom stereocenters. The van der Waals surface area contributed by atoms with Gasteiger partial charge < -0.3 is 15.0 Å². The molecule has 0 aromatic rings. The molecule has 3 aliphatic heterocycles. The molecule has 0 bridgehead atoms. The Labute approximate surface area is 103 Å². The van der Waals surface area contributed by atoms with Crippen molar-refractivity contribution in [3.63, 3.8) is 0 Å². The first-order valence-electron chi connectivity index (χ1n) is 6.94. The van der Waals surface area contributed by atoms with Crippen molar-refractivity contribution in [1.82, 2.24) is 10.2 Å². The third kappa shape index (κ3) is 2.33. The van der Waals surface area contributed by atoms with Gasteiger partial charge in [-0.2, -0.15) is 0 Å². The van der Waals surface area contributed by atoms with Gasteiger partial charge in [-0.15, -0.1) is 0 Å². The van der Waals surface area contributed by atoms with E-state index >= 15 is 0 Å². The molecule has 3 fully saturated rings. The number of rotatable bonds is 2. The van der Waals surface area contributed by atoms with Crippen LogP contribution >= 0.6 is 0 Å². The van der Waals surface area contributed by atoms with Gasteiger partial charge in [0.1, 0.15) is 0 Å². The maximum atomic E-state index is 12.1. The summed E-state index contributed by atoms with van der Waals surface area (Å²) in [6.45, 7) is 4.91. The van der Waals surface area contributed by atoms with Crippen LogP contribution < -0.4 is 5.32 Å². The Balaban J connectivity index is 1.56. The number of fused-ring (bicyclic) bond motifs is 1. The minimum Gasteiger partial charge on any atom is -0.377 e. The second-order valence-electron chi connectivity index (χ2n) is 5.58. The van der Waals surface area contributed by atoms with Gasteiger partial charge in [0.05, 0.1) is 19.1 Å². The van der Waals surface area contributed by atoms with Crippen molar-refractivity contribution in [1.29, 1.82) is 0 Å². The van der Waals surface area contributed by atoms with Crippen molar-refractivity contribution >= 4 is 5.91 Å². The molecule has 0 radical (unpaired) electrons. The van der Waals surface area contributed by atoms with E-state index in [9.17, 15) is 4.79 Å². The van der Waals surface area contributed by atoms with Gasteiger partial charge in [0.2, 0.25) is 5.91 Å². The van der Waals surface area contributed by atoms with Gasteiger partial charge in [-0.3, -0.25) is 4.79 Å². The number of carbonyl (C=O) groups is 1. The summed E-state index contributed by atoms with van der Waals surface area (Å²) in [6, 6.07) is 0. The van der Waals surface area contributed by atoms with E-state index in [-0.39, 0.29) is 6.10 Å². The van der Waals surface area contributed by atoms with Gasteiger partial charge in [-0.25, -0.2) is 0 Å². The lowest BCUT2D eigenvalue weighted by Gasteiger charge is -2.28. The summed E-state index contributed by atoms with van der Waals surface area (Å²) >= 11 is 0. The van der Waals surface area contributed by atoms with Crippen LogP contribution in [0.2, 0.25) is 0 Å². The highest BCUT2D eigenvalue weighted by Gasteiger charge is 2.40. The molecular weight excluding hydrogens is 216 g/mol. The van der Waals surface area contributed by atoms with E-state index in [1.807, 2.05) is 4.90 Å². The quantitative estimate of drug-likeness (QED) is 0.767. The molecule has 0 saturated carbocycles. The number of piperidine rings is 1. The molecule has 0 aromatic heterocycles. The summed E-state index contributed by atoms with van der Waals surface area (Å²) in [5, 5.41) is 3.41. The maximum Gasteiger partial charge on any atom is 0.225 e. The van der Waals surface area contributed by atoms with Gasteiger partial charge in [-0.1, -0.05) is 0 Å². The zero-order valence-corrected chi connectivity index (χ0v) is 10.4. The summed E-state index contributed by atoms with van der Waals surface area (Å²) < 4.78 is 5.84. The Bertz CT molecular complexity index is 289. The van der Waals surface area contributed by atoms with Crippen LogP contribution in [0.5, 0.6) is 0 Å². The summed E-state index contributed by atoms with van der Waals surface area (Å²) in [7, 11) is 0. The number of ether oxygens (including phenoxy) is 1. The Hall–Kier alpha value is -0.610. The van der Waals surface area contributed by atoms with Crippen LogP contribution in [0.15, 0.2) is 0 Å². The predicted molar refractivity (Wildman–Crippen MR) is 64.6 cm³/mol. The first-order chi connectivity index (χ1) is 8.34. The van der Waals surface area contributed by atoms with Crippen LogP contribution in [0, 0.1) is 11.8 Å². The highest BCUT2D eigenvalue weighted by atomic mass is 16.5. The highest BCUT2D eigenvalue weighted by molar-refractivity contribution is 5.77. The summed E-state index contributed by atoms with van der Waals surface area (Å²) in [6.07, 6.45) is 4.32. The molecule has 4 heteroatoms. The fraction of sp³-hybridized carbons (Fsp3) is 0.923. The van der Waals surface area contributed by atoms with Crippen LogP contribution in [0.3, 0.4) is 0 Å². The number of nitrogens with zero attached hydrogens (tertiary/aromatic N) is 1. The number of hydrogen-bond acceptors (Lipinski definition) is 3. The van der Waals surface area contributed by atoms with Gasteiger partial charge >= 0.3 is 0 Å². The molecular formula is C13H22N2O2. The van der Waals surface area contributed by atoms with E-state index in [0.29, 0.717) is 24.2 Å². The molecule has 17 heavy (non-hydrogen) atoms. The fourth-order valence-corrected chi connectivity index (χ4v) is 3.46. The molecule has 96 valence electrons. The topological polar surface area (TPSA) is 41.6 Å². The van der Waals surface area contributed by atoms with Gasteiger partial charge in [0, 0.05) is 25.6 Å². The number of likely N-dealkylation sites (tertiary alicyclic amines) is 1. The number of amides is 1. The average Bonchev–Trinajstić information content (AvgIpc) is 2.98. The van der Waals surface area contributed by atoms with E-state index < -0.39 is 0 Å². The maximum absolute atomic E-state index is 12.1. The standard InChI is InChI=1S/C13H22N2O2/c16-13(15-5-1-2-6-15)7-12-11-3-4-14-8-10(11)9-17-12/h10-12,14H,1-9H2/t10-,11-,12+/m1/s1. The monoisotopic (exact) mass is 238 g/mol. The Kier molecular flexibility index (Phi) is 3.34. The highest BCUT2D eigenvalue weighted by Crippen LogP contribution is 2.33. The van der Waals surface area contributed by atoms with Crippen molar-refractivity contribution in [2.75, 3.05) is 32.8 Å². The molecule has 0 spiro atoms. The number of carbonyl (C=O) groups excluding carboxylic acids is 1. The smallest absolute Gasteiger partial charge is 0.225 e. The molecule has 3 aliphatic rings. The molecule has 1 N–H and O–H groups in total. The van der Waals surface area contributed by atoms with Crippen LogP contribution in [0.1, 0.15) is 25.7 Å². The molecule has 3 rings (SSSR count). The van der Waals surface area contributed by atoms with Crippen LogP contribution in [-0.4, -0.2) is 49.7 Å². The third-order valence-electron chi connectivity index (χ3n) is 4.50. The first kappa shape index (κ1) is 11.5. The number of hydrogen-bond donors (Lipinski definition) is 1. The summed E-state index contributed by atoms with van der Waals surface area (Å²) in [5.41, 5.74) is 0. The van der Waals surface area contributed by atoms with Gasteiger partial charge in [-0.05, 0) is 31.7 Å². The largest absolute Gasteiger partial charge is 0.377 e. The van der Waals surface area contributed by atoms with Crippen LogP contribution in [0.25, 0.3) is 0 Å². The minimum absolute atomic E-state index is 0.190. The molecule has 3 saturated heterocycles. The van der Waals surface area contributed by atoms with Crippen LogP contribution in [0.4, 0.5) is 0 Å². The lowest BCUT2D eigenvalue weighted by atomic mass is 9.84.